The lowest BCUT2D eigenvalue weighted by Crippen LogP contribution is -2.13. The lowest BCUT2D eigenvalue weighted by atomic mass is 10.2. The third kappa shape index (κ3) is 5.24. The number of aryl methyl sites for hydroxylation is 1. The molecule has 6 nitrogen and oxygen atoms in total. The molecule has 0 spiro atoms. The monoisotopic (exact) mass is 594 g/mol. The summed E-state index contributed by atoms with van der Waals surface area (Å²) in [5.41, 5.74) is 0.701. The number of ether oxygens (including phenoxy) is 2. The quantitative estimate of drug-likeness (QED) is 0.172. The van der Waals surface area contributed by atoms with E-state index in [2.05, 4.69) is 0 Å². The Morgan fingerprint density at radius 1 is 0.951 bits per heavy atom. The van der Waals surface area contributed by atoms with Crippen LogP contribution < -0.4 is 9.47 Å². The van der Waals surface area contributed by atoms with Crippen LogP contribution in [0.5, 0.6) is 17.2 Å². The second kappa shape index (κ2) is 11.2. The van der Waals surface area contributed by atoms with E-state index in [0.717, 1.165) is 41.2 Å². The molecule has 4 aromatic carbocycles. The zero-order valence-corrected chi connectivity index (χ0v) is 23.3. The minimum Gasteiger partial charge on any atom is -0.485 e. The van der Waals surface area contributed by atoms with Crippen LogP contribution in [0.4, 0.5) is 13.2 Å². The molecule has 1 aromatic heterocycles. The van der Waals surface area contributed by atoms with Crippen molar-refractivity contribution in [3.63, 3.8) is 0 Å². The summed E-state index contributed by atoms with van der Waals surface area (Å²) in [5.74, 6) is -4.72. The van der Waals surface area contributed by atoms with E-state index < -0.39 is 44.3 Å². The maximum absolute atomic E-state index is 15.7. The van der Waals surface area contributed by atoms with E-state index in [1.165, 1.54) is 18.2 Å². The smallest absolute Gasteiger partial charge is 0.268 e. The maximum Gasteiger partial charge on any atom is 0.268 e. The molecule has 0 radical (unpaired) electrons. The zero-order valence-electron chi connectivity index (χ0n) is 21.7. The van der Waals surface area contributed by atoms with Crippen molar-refractivity contribution in [3.8, 4) is 23.3 Å². The van der Waals surface area contributed by atoms with Gasteiger partial charge in [-0.15, -0.1) is 11.8 Å². The average molecular weight is 595 g/mol. The molecule has 5 aromatic rings. The lowest BCUT2D eigenvalue weighted by molar-refractivity contribution is 0.286. The molecule has 0 unspecified atom stereocenters. The maximum atomic E-state index is 15.7. The van der Waals surface area contributed by atoms with Crippen LogP contribution in [-0.4, -0.2) is 18.6 Å². The molecule has 5 rings (SSSR count). The van der Waals surface area contributed by atoms with Crippen LogP contribution in [0, 0.1) is 35.7 Å². The largest absolute Gasteiger partial charge is 0.485 e. The predicted molar refractivity (Wildman–Crippen MR) is 149 cm³/mol. The van der Waals surface area contributed by atoms with Crippen LogP contribution in [0.3, 0.4) is 0 Å². The van der Waals surface area contributed by atoms with E-state index in [1.54, 1.807) is 55.6 Å². The van der Waals surface area contributed by atoms with Gasteiger partial charge in [-0.1, -0.05) is 48.0 Å². The Hall–Kier alpha value is -4.40. The molecule has 0 atom stereocenters. The minimum absolute atomic E-state index is 0.00746. The molecule has 0 aliphatic heterocycles. The van der Waals surface area contributed by atoms with Gasteiger partial charge in [0.25, 0.3) is 10.0 Å². The third-order valence-corrected chi connectivity index (χ3v) is 8.79. The fraction of sp³-hybridized carbons (Fsp3) is 0.100. The van der Waals surface area contributed by atoms with Gasteiger partial charge in [-0.05, 0) is 36.9 Å². The molecule has 0 fully saturated rings. The van der Waals surface area contributed by atoms with Crippen molar-refractivity contribution in [2.24, 2.45) is 0 Å². The second-order valence-electron chi connectivity index (χ2n) is 8.95. The highest BCUT2D eigenvalue weighted by atomic mass is 32.2. The lowest BCUT2D eigenvalue weighted by Gasteiger charge is -2.17. The Kier molecular flexibility index (Phi) is 7.71. The second-order valence-corrected chi connectivity index (χ2v) is 11.6. The van der Waals surface area contributed by atoms with Crippen molar-refractivity contribution < 1.29 is 31.1 Å². The van der Waals surface area contributed by atoms with Crippen molar-refractivity contribution >= 4 is 32.7 Å². The number of rotatable bonds is 8. The summed E-state index contributed by atoms with van der Waals surface area (Å²) in [4.78, 5) is -0.00409. The van der Waals surface area contributed by atoms with E-state index in [0.29, 0.717) is 3.97 Å². The van der Waals surface area contributed by atoms with Crippen molar-refractivity contribution in [1.29, 1.82) is 5.26 Å². The zero-order chi connectivity index (χ0) is 29.3. The number of hydrogen-bond donors (Lipinski definition) is 0. The Morgan fingerprint density at radius 3 is 2.32 bits per heavy atom. The van der Waals surface area contributed by atoms with Crippen LogP contribution >= 0.6 is 11.8 Å². The van der Waals surface area contributed by atoms with Crippen LogP contribution in [-0.2, 0) is 16.6 Å². The van der Waals surface area contributed by atoms with Gasteiger partial charge in [0.2, 0.25) is 5.82 Å². The number of nitriles is 1. The first-order valence-electron chi connectivity index (χ1n) is 12.1. The number of nitrogens with zero attached hydrogens (tertiary/aromatic N) is 2. The summed E-state index contributed by atoms with van der Waals surface area (Å²) in [6, 6.07) is 19.9. The normalized spacial score (nSPS) is 11.4. The summed E-state index contributed by atoms with van der Waals surface area (Å²) in [6.45, 7) is 1.80. The highest BCUT2D eigenvalue weighted by Crippen LogP contribution is 2.45. The predicted octanol–water partition coefficient (Wildman–Crippen LogP) is 7.57. The van der Waals surface area contributed by atoms with Crippen molar-refractivity contribution in [2.45, 2.75) is 23.3 Å². The topological polar surface area (TPSA) is 81.3 Å². The van der Waals surface area contributed by atoms with Crippen LogP contribution in [0.1, 0.15) is 16.7 Å². The van der Waals surface area contributed by atoms with E-state index in [1.807, 2.05) is 6.07 Å². The van der Waals surface area contributed by atoms with Gasteiger partial charge in [0.05, 0.1) is 15.4 Å². The fourth-order valence-electron chi connectivity index (χ4n) is 4.21. The van der Waals surface area contributed by atoms with Gasteiger partial charge in [-0.3, -0.25) is 0 Å². The average Bonchev–Trinajstić information content (AvgIpc) is 3.42. The van der Waals surface area contributed by atoms with Crippen molar-refractivity contribution in [3.05, 3.63) is 113 Å². The molecular formula is C30H21F3N2O4S2. The first-order chi connectivity index (χ1) is 19.6. The van der Waals surface area contributed by atoms with Crippen molar-refractivity contribution in [1.82, 2.24) is 3.97 Å². The Balaban J connectivity index is 1.62. The molecule has 1 heterocycles. The number of aromatic nitrogens is 1. The van der Waals surface area contributed by atoms with Crippen LogP contribution in [0.2, 0.25) is 0 Å². The molecule has 0 bridgehead atoms. The van der Waals surface area contributed by atoms with Gasteiger partial charge in [-0.2, -0.15) is 9.65 Å². The van der Waals surface area contributed by atoms with Gasteiger partial charge in [0.1, 0.15) is 24.0 Å². The molecule has 0 N–H and O–H groups in total. The summed E-state index contributed by atoms with van der Waals surface area (Å²) in [6.07, 6.45) is 2.73. The van der Waals surface area contributed by atoms with Crippen LogP contribution in [0.15, 0.2) is 88.8 Å². The summed E-state index contributed by atoms with van der Waals surface area (Å²) < 4.78 is 84.8. The summed E-state index contributed by atoms with van der Waals surface area (Å²) in [5, 5.41) is 9.43. The van der Waals surface area contributed by atoms with Gasteiger partial charge < -0.3 is 9.47 Å². The number of fused-ring (bicyclic) bond motifs is 1. The molecule has 0 saturated carbocycles. The van der Waals surface area contributed by atoms with Gasteiger partial charge >= 0.3 is 0 Å². The van der Waals surface area contributed by atoms with Crippen molar-refractivity contribution in [2.75, 3.05) is 6.26 Å². The molecular weight excluding hydrogens is 573 g/mol. The van der Waals surface area contributed by atoms with E-state index in [4.69, 9.17) is 9.47 Å². The molecule has 0 aliphatic carbocycles. The third-order valence-electron chi connectivity index (χ3n) is 6.29. The van der Waals surface area contributed by atoms with Gasteiger partial charge in [0.15, 0.2) is 23.1 Å². The van der Waals surface area contributed by atoms with Gasteiger partial charge in [0, 0.05) is 23.7 Å². The SMILES string of the molecule is CSc1c(Oc2cc(C#N)c(F)cc2OCc2ccccc2)c(F)c(F)c2c1ccn2S(=O)(=O)c1ccc(C)cc1. The number of benzene rings is 4. The van der Waals surface area contributed by atoms with Crippen LogP contribution in [0.25, 0.3) is 10.9 Å². The summed E-state index contributed by atoms with van der Waals surface area (Å²) in [7, 11) is -4.27. The Labute approximate surface area is 238 Å². The van der Waals surface area contributed by atoms with E-state index in [9.17, 15) is 18.1 Å². The first kappa shape index (κ1) is 28.1. The highest BCUT2D eigenvalue weighted by Gasteiger charge is 2.29. The molecule has 0 saturated heterocycles. The number of thioether (sulfide) groups is 1. The Bertz CT molecular complexity index is 1920. The Morgan fingerprint density at radius 2 is 1.66 bits per heavy atom. The number of halogens is 3. The highest BCUT2D eigenvalue weighted by molar-refractivity contribution is 7.99. The molecule has 41 heavy (non-hydrogen) atoms. The minimum atomic E-state index is -4.27. The number of hydrogen-bond acceptors (Lipinski definition) is 6. The summed E-state index contributed by atoms with van der Waals surface area (Å²) >= 11 is 0.998. The molecule has 0 amide bonds. The molecule has 208 valence electrons. The first-order valence-corrected chi connectivity index (χ1v) is 14.8. The van der Waals surface area contributed by atoms with E-state index >= 15 is 8.78 Å². The fourth-order valence-corrected chi connectivity index (χ4v) is 6.26. The molecule has 11 heteroatoms. The van der Waals surface area contributed by atoms with E-state index in [-0.39, 0.29) is 33.3 Å². The van der Waals surface area contributed by atoms with Gasteiger partial charge in [-0.25, -0.2) is 21.2 Å². The molecule has 0 aliphatic rings. The standard InChI is InChI=1S/C30H21F3N2O4S2/c1-18-8-10-21(11-9-18)41(36,37)35-13-12-22-28(35)26(32)27(33)29(30(22)40-2)39-25-14-20(16-34)23(31)15-24(25)38-17-19-6-4-3-5-7-19/h3-15H,17H2,1-2H3.